The first-order valence-corrected chi connectivity index (χ1v) is 17.3. The molecular formula is C36H37ClFN3O4S. The number of sulfonamides is 1. The van der Waals surface area contributed by atoms with E-state index in [0.717, 1.165) is 48.0 Å². The van der Waals surface area contributed by atoms with Crippen LogP contribution in [0.1, 0.15) is 43.2 Å². The molecule has 0 saturated heterocycles. The molecule has 1 aliphatic carbocycles. The minimum absolute atomic E-state index is 0.0230. The average Bonchev–Trinajstić information content (AvgIpc) is 3.07. The predicted molar refractivity (Wildman–Crippen MR) is 178 cm³/mol. The van der Waals surface area contributed by atoms with Crippen molar-refractivity contribution in [3.8, 4) is 0 Å². The van der Waals surface area contributed by atoms with Crippen LogP contribution in [0.15, 0.2) is 114 Å². The van der Waals surface area contributed by atoms with Gasteiger partial charge in [0.05, 0.1) is 10.6 Å². The molecule has 4 aromatic carbocycles. The highest BCUT2D eigenvalue weighted by Crippen LogP contribution is 2.28. The van der Waals surface area contributed by atoms with E-state index >= 15 is 4.39 Å². The number of amides is 2. The topological polar surface area (TPSA) is 86.8 Å². The van der Waals surface area contributed by atoms with Gasteiger partial charge in [0, 0.05) is 24.0 Å². The Labute approximate surface area is 275 Å². The molecule has 0 aliphatic heterocycles. The van der Waals surface area contributed by atoms with Crippen LogP contribution >= 0.6 is 11.6 Å². The van der Waals surface area contributed by atoms with Gasteiger partial charge >= 0.3 is 0 Å². The number of halogens is 2. The Kier molecular flexibility index (Phi) is 11.1. The summed E-state index contributed by atoms with van der Waals surface area (Å²) in [6.07, 6.45) is 4.99. The van der Waals surface area contributed by atoms with E-state index in [-0.39, 0.29) is 35.5 Å². The number of nitrogens with zero attached hydrogens (tertiary/aromatic N) is 2. The maximum atomic E-state index is 15.3. The van der Waals surface area contributed by atoms with E-state index in [1.807, 2.05) is 30.3 Å². The fourth-order valence-corrected chi connectivity index (χ4v) is 7.43. The highest BCUT2D eigenvalue weighted by atomic mass is 35.5. The second-order valence-corrected chi connectivity index (χ2v) is 13.7. The molecule has 1 fully saturated rings. The van der Waals surface area contributed by atoms with Gasteiger partial charge in [0.25, 0.3) is 10.0 Å². The largest absolute Gasteiger partial charge is 0.352 e. The van der Waals surface area contributed by atoms with Crippen LogP contribution in [0.25, 0.3) is 0 Å². The second-order valence-electron chi connectivity index (χ2n) is 11.4. The Balaban J connectivity index is 1.57. The molecule has 7 nitrogen and oxygen atoms in total. The maximum absolute atomic E-state index is 15.3. The van der Waals surface area contributed by atoms with E-state index in [1.165, 1.54) is 35.2 Å². The first-order chi connectivity index (χ1) is 22.2. The SMILES string of the molecule is O=C(NC1CCCCC1)[C@H](Cc1ccccc1)N(Cc1ccccc1Cl)C(=O)CN(c1ccccc1F)S(=O)(=O)c1ccccc1. The van der Waals surface area contributed by atoms with Gasteiger partial charge in [-0.15, -0.1) is 0 Å². The van der Waals surface area contributed by atoms with Crippen molar-refractivity contribution in [2.45, 2.75) is 62.0 Å². The number of rotatable bonds is 12. The number of para-hydroxylation sites is 1. The van der Waals surface area contributed by atoms with Crippen molar-refractivity contribution in [1.82, 2.24) is 10.2 Å². The molecule has 0 aromatic heterocycles. The summed E-state index contributed by atoms with van der Waals surface area (Å²) < 4.78 is 44.0. The predicted octanol–water partition coefficient (Wildman–Crippen LogP) is 6.76. The highest BCUT2D eigenvalue weighted by molar-refractivity contribution is 7.92. The lowest BCUT2D eigenvalue weighted by atomic mass is 9.94. The van der Waals surface area contributed by atoms with Crippen LogP contribution in [0.2, 0.25) is 5.02 Å². The number of hydrogen-bond donors (Lipinski definition) is 1. The van der Waals surface area contributed by atoms with Crippen molar-refractivity contribution in [1.29, 1.82) is 0 Å². The van der Waals surface area contributed by atoms with Crippen molar-refractivity contribution >= 4 is 39.1 Å². The zero-order chi connectivity index (χ0) is 32.5. The average molecular weight is 662 g/mol. The highest BCUT2D eigenvalue weighted by Gasteiger charge is 2.36. The van der Waals surface area contributed by atoms with Crippen molar-refractivity contribution in [3.05, 3.63) is 131 Å². The molecule has 0 bridgehead atoms. The van der Waals surface area contributed by atoms with Crippen LogP contribution in [-0.4, -0.2) is 43.8 Å². The van der Waals surface area contributed by atoms with Gasteiger partial charge in [-0.2, -0.15) is 0 Å². The number of carbonyl (C=O) groups is 2. The minimum atomic E-state index is -4.39. The lowest BCUT2D eigenvalue weighted by Gasteiger charge is -2.35. The number of nitrogens with one attached hydrogen (secondary N) is 1. The zero-order valence-electron chi connectivity index (χ0n) is 25.4. The molecule has 1 saturated carbocycles. The van der Waals surface area contributed by atoms with Gasteiger partial charge < -0.3 is 10.2 Å². The Hall–Kier alpha value is -4.21. The van der Waals surface area contributed by atoms with Gasteiger partial charge in [-0.05, 0) is 54.3 Å². The quantitative estimate of drug-likeness (QED) is 0.182. The third kappa shape index (κ3) is 8.13. The van der Waals surface area contributed by atoms with E-state index in [4.69, 9.17) is 11.6 Å². The Morgan fingerprint density at radius 3 is 2.11 bits per heavy atom. The monoisotopic (exact) mass is 661 g/mol. The number of hydrogen-bond acceptors (Lipinski definition) is 4. The van der Waals surface area contributed by atoms with E-state index in [0.29, 0.717) is 10.6 Å². The van der Waals surface area contributed by atoms with Crippen molar-refractivity contribution in [2.24, 2.45) is 0 Å². The van der Waals surface area contributed by atoms with Gasteiger partial charge in [-0.3, -0.25) is 13.9 Å². The lowest BCUT2D eigenvalue weighted by molar-refractivity contribution is -0.140. The lowest BCUT2D eigenvalue weighted by Crippen LogP contribution is -2.55. The first-order valence-electron chi connectivity index (χ1n) is 15.4. The summed E-state index contributed by atoms with van der Waals surface area (Å²) in [5.74, 6) is -1.81. The van der Waals surface area contributed by atoms with E-state index in [2.05, 4.69) is 5.32 Å². The first kappa shape index (κ1) is 33.2. The Bertz CT molecular complexity index is 1730. The van der Waals surface area contributed by atoms with E-state index in [9.17, 15) is 18.0 Å². The molecule has 2 amide bonds. The van der Waals surface area contributed by atoms with Crippen LogP contribution in [0.3, 0.4) is 0 Å². The molecule has 46 heavy (non-hydrogen) atoms. The summed E-state index contributed by atoms with van der Waals surface area (Å²) in [6, 6.07) is 28.3. The molecule has 0 radical (unpaired) electrons. The molecule has 0 unspecified atom stereocenters. The van der Waals surface area contributed by atoms with Crippen LogP contribution in [0.4, 0.5) is 10.1 Å². The standard InChI is InChI=1S/C36H37ClFN3O4S/c37-31-21-11-10-16-28(31)25-40(34(24-27-14-4-1-5-15-27)36(43)39-29-17-6-2-7-18-29)35(42)26-41(33-23-13-12-22-32(33)38)46(44,45)30-19-8-3-9-20-30/h1,3-5,8-16,19-23,29,34H,2,6-7,17-18,24-26H2,(H,39,43)/t34-/m0/s1. The van der Waals surface area contributed by atoms with Crippen LogP contribution in [0, 0.1) is 5.82 Å². The Morgan fingerprint density at radius 1 is 0.826 bits per heavy atom. The number of anilines is 1. The molecule has 240 valence electrons. The minimum Gasteiger partial charge on any atom is -0.352 e. The van der Waals surface area contributed by atoms with Crippen molar-refractivity contribution in [2.75, 3.05) is 10.8 Å². The second kappa shape index (κ2) is 15.4. The van der Waals surface area contributed by atoms with E-state index < -0.39 is 34.3 Å². The third-order valence-electron chi connectivity index (χ3n) is 8.25. The molecular weight excluding hydrogens is 625 g/mol. The van der Waals surface area contributed by atoms with Gasteiger partial charge in [-0.1, -0.05) is 110 Å². The number of carbonyl (C=O) groups excluding carboxylic acids is 2. The molecule has 0 spiro atoms. The smallest absolute Gasteiger partial charge is 0.264 e. The summed E-state index contributed by atoms with van der Waals surface area (Å²) in [5, 5.41) is 3.57. The molecule has 1 N–H and O–H groups in total. The zero-order valence-corrected chi connectivity index (χ0v) is 27.0. The molecule has 10 heteroatoms. The van der Waals surface area contributed by atoms with E-state index in [1.54, 1.807) is 42.5 Å². The van der Waals surface area contributed by atoms with Crippen LogP contribution in [-0.2, 0) is 32.6 Å². The van der Waals surface area contributed by atoms with Crippen LogP contribution in [0.5, 0.6) is 0 Å². The normalized spacial score (nSPS) is 14.3. The van der Waals surface area contributed by atoms with Gasteiger partial charge in [-0.25, -0.2) is 12.8 Å². The molecule has 1 atom stereocenters. The maximum Gasteiger partial charge on any atom is 0.264 e. The fraction of sp³-hybridized carbons (Fsp3) is 0.278. The van der Waals surface area contributed by atoms with Crippen molar-refractivity contribution < 1.29 is 22.4 Å². The van der Waals surface area contributed by atoms with Gasteiger partial charge in [0.1, 0.15) is 18.4 Å². The Morgan fingerprint density at radius 2 is 1.43 bits per heavy atom. The summed E-state index contributed by atoms with van der Waals surface area (Å²) in [7, 11) is -4.39. The fourth-order valence-electron chi connectivity index (χ4n) is 5.80. The molecule has 4 aromatic rings. The summed E-state index contributed by atoms with van der Waals surface area (Å²) in [6.45, 7) is -0.810. The molecule has 1 aliphatic rings. The van der Waals surface area contributed by atoms with Crippen molar-refractivity contribution in [3.63, 3.8) is 0 Å². The number of benzene rings is 4. The third-order valence-corrected chi connectivity index (χ3v) is 10.4. The summed E-state index contributed by atoms with van der Waals surface area (Å²) >= 11 is 6.55. The molecule has 0 heterocycles. The van der Waals surface area contributed by atoms with Gasteiger partial charge in [0.2, 0.25) is 11.8 Å². The van der Waals surface area contributed by atoms with Gasteiger partial charge in [0.15, 0.2) is 0 Å². The molecule has 5 rings (SSSR count). The van der Waals surface area contributed by atoms with Crippen LogP contribution < -0.4 is 9.62 Å². The summed E-state index contributed by atoms with van der Waals surface area (Å²) in [5.41, 5.74) is 1.14. The summed E-state index contributed by atoms with van der Waals surface area (Å²) in [4.78, 5) is 29.9.